The van der Waals surface area contributed by atoms with Crippen LogP contribution in [0.5, 0.6) is 0 Å². The van der Waals surface area contributed by atoms with E-state index in [2.05, 4.69) is 10.3 Å². The fourth-order valence-corrected chi connectivity index (χ4v) is 2.66. The number of hydrogen-bond donors (Lipinski definition) is 1. The molecule has 6 heteroatoms. The molecule has 28 heavy (non-hydrogen) atoms. The molecule has 1 atom stereocenters. The van der Waals surface area contributed by atoms with Gasteiger partial charge in [0.25, 0.3) is 5.91 Å². The van der Waals surface area contributed by atoms with Gasteiger partial charge in [-0.2, -0.15) is 0 Å². The molecule has 0 aliphatic rings. The van der Waals surface area contributed by atoms with Crippen molar-refractivity contribution in [2.75, 3.05) is 5.32 Å². The quantitative estimate of drug-likeness (QED) is 0.663. The van der Waals surface area contributed by atoms with E-state index in [0.717, 1.165) is 16.7 Å². The second-order valence-corrected chi connectivity index (χ2v) is 6.65. The zero-order valence-corrected chi connectivity index (χ0v) is 16.3. The maximum atomic E-state index is 12.5. The van der Waals surface area contributed by atoms with Crippen LogP contribution in [-0.4, -0.2) is 23.0 Å². The molecule has 0 aliphatic carbocycles. The summed E-state index contributed by atoms with van der Waals surface area (Å²) in [6.45, 7) is 6.99. The molecule has 0 spiro atoms. The van der Waals surface area contributed by atoms with Gasteiger partial charge in [-0.3, -0.25) is 4.79 Å². The van der Waals surface area contributed by atoms with E-state index in [4.69, 9.17) is 9.15 Å². The highest BCUT2D eigenvalue weighted by atomic mass is 16.5. The maximum Gasteiger partial charge on any atom is 0.361 e. The van der Waals surface area contributed by atoms with Crippen LogP contribution in [-0.2, 0) is 9.53 Å². The van der Waals surface area contributed by atoms with Gasteiger partial charge in [0.15, 0.2) is 11.8 Å². The number of carbonyl (C=O) groups excluding carboxylic acids is 2. The third kappa shape index (κ3) is 4.28. The molecule has 0 bridgehead atoms. The van der Waals surface area contributed by atoms with Crippen molar-refractivity contribution in [1.29, 1.82) is 0 Å². The lowest BCUT2D eigenvalue weighted by molar-refractivity contribution is -0.123. The van der Waals surface area contributed by atoms with E-state index >= 15 is 0 Å². The molecule has 3 aromatic rings. The van der Waals surface area contributed by atoms with Crippen LogP contribution in [0.25, 0.3) is 11.5 Å². The summed E-state index contributed by atoms with van der Waals surface area (Å²) in [5.74, 6) is -0.443. The summed E-state index contributed by atoms with van der Waals surface area (Å²) in [4.78, 5) is 29.1. The molecule has 0 aliphatic heterocycles. The number of carbonyl (C=O) groups is 2. The number of nitrogens with one attached hydrogen (secondary N) is 1. The van der Waals surface area contributed by atoms with Gasteiger partial charge in [-0.15, -0.1) is 0 Å². The van der Waals surface area contributed by atoms with Crippen molar-refractivity contribution in [1.82, 2.24) is 4.98 Å². The number of rotatable bonds is 5. The minimum Gasteiger partial charge on any atom is -0.448 e. The molecule has 1 amide bonds. The number of aromatic nitrogens is 1. The Morgan fingerprint density at radius 3 is 2.50 bits per heavy atom. The first kappa shape index (κ1) is 19.4. The fourth-order valence-electron chi connectivity index (χ4n) is 2.66. The van der Waals surface area contributed by atoms with Gasteiger partial charge in [-0.05, 0) is 57.0 Å². The van der Waals surface area contributed by atoms with Crippen LogP contribution < -0.4 is 5.32 Å². The second kappa shape index (κ2) is 8.08. The number of oxazole rings is 1. The number of ether oxygens (including phenoxy) is 1. The summed E-state index contributed by atoms with van der Waals surface area (Å²) in [7, 11) is 0. The van der Waals surface area contributed by atoms with E-state index in [1.807, 2.05) is 62.4 Å². The first-order valence-corrected chi connectivity index (χ1v) is 8.97. The molecule has 144 valence electrons. The molecule has 1 heterocycles. The van der Waals surface area contributed by atoms with Crippen molar-refractivity contribution in [2.45, 2.75) is 33.8 Å². The Labute approximate surface area is 163 Å². The van der Waals surface area contributed by atoms with E-state index in [1.165, 1.54) is 6.92 Å². The number of esters is 1. The number of amides is 1. The minimum absolute atomic E-state index is 0.0604. The molecule has 0 radical (unpaired) electrons. The van der Waals surface area contributed by atoms with Gasteiger partial charge in [0.1, 0.15) is 5.76 Å². The number of hydrogen-bond acceptors (Lipinski definition) is 5. The molecule has 2 aromatic carbocycles. The maximum absolute atomic E-state index is 12.5. The molecule has 3 rings (SSSR count). The predicted molar refractivity (Wildman–Crippen MR) is 106 cm³/mol. The van der Waals surface area contributed by atoms with Crippen molar-refractivity contribution in [3.05, 3.63) is 71.1 Å². The van der Waals surface area contributed by atoms with Gasteiger partial charge in [0, 0.05) is 11.3 Å². The Morgan fingerprint density at radius 1 is 1.07 bits per heavy atom. The van der Waals surface area contributed by atoms with Crippen molar-refractivity contribution < 1.29 is 18.7 Å². The Kier molecular flexibility index (Phi) is 5.59. The summed E-state index contributed by atoms with van der Waals surface area (Å²) in [6, 6.07) is 15.0. The molecule has 0 saturated heterocycles. The predicted octanol–water partition coefficient (Wildman–Crippen LogP) is 4.45. The van der Waals surface area contributed by atoms with Gasteiger partial charge >= 0.3 is 5.97 Å². The van der Waals surface area contributed by atoms with Gasteiger partial charge in [-0.1, -0.05) is 30.3 Å². The normalized spacial score (nSPS) is 11.7. The molecule has 0 unspecified atom stereocenters. The van der Waals surface area contributed by atoms with Gasteiger partial charge < -0.3 is 14.5 Å². The Balaban J connectivity index is 1.69. The van der Waals surface area contributed by atoms with Crippen LogP contribution in [0.3, 0.4) is 0 Å². The molecule has 1 N–H and O–H groups in total. The monoisotopic (exact) mass is 378 g/mol. The smallest absolute Gasteiger partial charge is 0.361 e. The van der Waals surface area contributed by atoms with Crippen molar-refractivity contribution in [3.8, 4) is 11.5 Å². The number of nitrogens with zero attached hydrogens (tertiary/aromatic N) is 1. The summed E-state index contributed by atoms with van der Waals surface area (Å²) >= 11 is 0. The molecule has 0 saturated carbocycles. The van der Waals surface area contributed by atoms with Crippen LogP contribution in [0.4, 0.5) is 5.69 Å². The standard InChI is InChI=1S/C22H22N2O4/c1-13-10-11-14(2)18(12-13)23-20(25)16(4)28-22(26)19-15(3)27-21(24-19)17-8-6-5-7-9-17/h5-12,16H,1-4H3,(H,23,25)/t16-/m0/s1. The minimum atomic E-state index is -0.983. The van der Waals surface area contributed by atoms with Gasteiger partial charge in [0.2, 0.25) is 5.89 Å². The molecule has 6 nitrogen and oxygen atoms in total. The van der Waals surface area contributed by atoms with Crippen LogP contribution in [0, 0.1) is 20.8 Å². The molecular formula is C22H22N2O4. The molecule has 0 fully saturated rings. The van der Waals surface area contributed by atoms with E-state index < -0.39 is 18.0 Å². The average molecular weight is 378 g/mol. The Hall–Kier alpha value is -3.41. The van der Waals surface area contributed by atoms with E-state index in [0.29, 0.717) is 17.3 Å². The second-order valence-electron chi connectivity index (χ2n) is 6.65. The van der Waals surface area contributed by atoms with Crippen molar-refractivity contribution >= 4 is 17.6 Å². The van der Waals surface area contributed by atoms with Crippen LogP contribution >= 0.6 is 0 Å². The summed E-state index contributed by atoms with van der Waals surface area (Å²) < 4.78 is 10.9. The lowest BCUT2D eigenvalue weighted by Gasteiger charge is -2.14. The lowest BCUT2D eigenvalue weighted by atomic mass is 10.1. The van der Waals surface area contributed by atoms with Crippen molar-refractivity contribution in [3.63, 3.8) is 0 Å². The van der Waals surface area contributed by atoms with Gasteiger partial charge in [0.05, 0.1) is 0 Å². The highest BCUT2D eigenvalue weighted by molar-refractivity contribution is 5.97. The van der Waals surface area contributed by atoms with E-state index in [-0.39, 0.29) is 5.69 Å². The number of anilines is 1. The lowest BCUT2D eigenvalue weighted by Crippen LogP contribution is -2.30. The largest absolute Gasteiger partial charge is 0.448 e. The number of benzene rings is 2. The third-order valence-electron chi connectivity index (χ3n) is 4.31. The van der Waals surface area contributed by atoms with Crippen LogP contribution in [0.2, 0.25) is 0 Å². The topological polar surface area (TPSA) is 81.4 Å². The van der Waals surface area contributed by atoms with Crippen LogP contribution in [0.15, 0.2) is 52.9 Å². The summed E-state index contributed by atoms with van der Waals surface area (Å²) in [5.41, 5.74) is 3.46. The van der Waals surface area contributed by atoms with E-state index in [9.17, 15) is 9.59 Å². The Bertz CT molecular complexity index is 1010. The fraction of sp³-hybridized carbons (Fsp3) is 0.227. The first-order chi connectivity index (χ1) is 13.3. The molecule has 1 aromatic heterocycles. The first-order valence-electron chi connectivity index (χ1n) is 8.97. The van der Waals surface area contributed by atoms with Crippen molar-refractivity contribution in [2.24, 2.45) is 0 Å². The average Bonchev–Trinajstić information content (AvgIpc) is 3.07. The van der Waals surface area contributed by atoms with E-state index in [1.54, 1.807) is 6.92 Å². The Morgan fingerprint density at radius 2 is 1.79 bits per heavy atom. The summed E-state index contributed by atoms with van der Waals surface area (Å²) in [5, 5.41) is 2.79. The zero-order chi connectivity index (χ0) is 20.3. The highest BCUT2D eigenvalue weighted by Gasteiger charge is 2.24. The zero-order valence-electron chi connectivity index (χ0n) is 16.3. The summed E-state index contributed by atoms with van der Waals surface area (Å²) in [6.07, 6.45) is -0.983. The van der Waals surface area contributed by atoms with Gasteiger partial charge in [-0.25, -0.2) is 9.78 Å². The highest BCUT2D eigenvalue weighted by Crippen LogP contribution is 2.22. The molecular weight excluding hydrogens is 356 g/mol. The third-order valence-corrected chi connectivity index (χ3v) is 4.31. The number of aryl methyl sites for hydroxylation is 3. The van der Waals surface area contributed by atoms with Crippen LogP contribution in [0.1, 0.15) is 34.3 Å². The SMILES string of the molecule is Cc1ccc(C)c(NC(=O)[C@H](C)OC(=O)c2nc(-c3ccccc3)oc2C)c1.